The summed E-state index contributed by atoms with van der Waals surface area (Å²) in [7, 11) is 1.53. The smallest absolute Gasteiger partial charge is 0.223 e. The average molecular weight is 375 g/mol. The summed E-state index contributed by atoms with van der Waals surface area (Å²) in [5.41, 5.74) is 2.83. The standard InChI is InChI=1S/C20H23ClN2O3/c1-14-5-4-6-16(11-14)13-22-20(25)9-10-23(15(2)24)17-7-8-19(26-3)18(21)12-17/h4-8,11-12H,9-10,13H2,1-3H3,(H,22,25). The zero-order valence-corrected chi connectivity index (χ0v) is 16.0. The number of hydrogen-bond acceptors (Lipinski definition) is 3. The van der Waals surface area contributed by atoms with Gasteiger partial charge in [-0.1, -0.05) is 41.4 Å². The molecule has 0 bridgehead atoms. The van der Waals surface area contributed by atoms with Gasteiger partial charge < -0.3 is 15.0 Å². The number of halogens is 1. The summed E-state index contributed by atoms with van der Waals surface area (Å²) >= 11 is 6.13. The van der Waals surface area contributed by atoms with Gasteiger partial charge in [-0.05, 0) is 30.7 Å². The molecule has 138 valence electrons. The monoisotopic (exact) mass is 374 g/mol. The van der Waals surface area contributed by atoms with Gasteiger partial charge in [0.05, 0.1) is 12.1 Å². The Kier molecular flexibility index (Phi) is 7.04. The maximum atomic E-state index is 12.1. The molecule has 2 rings (SSSR count). The van der Waals surface area contributed by atoms with Gasteiger partial charge in [0, 0.05) is 32.1 Å². The topological polar surface area (TPSA) is 58.6 Å². The van der Waals surface area contributed by atoms with Gasteiger partial charge in [-0.25, -0.2) is 0 Å². The number of nitrogens with zero attached hydrogens (tertiary/aromatic N) is 1. The number of rotatable bonds is 7. The molecule has 5 nitrogen and oxygen atoms in total. The second kappa shape index (κ2) is 9.25. The number of benzene rings is 2. The molecule has 0 saturated heterocycles. The van der Waals surface area contributed by atoms with Crippen LogP contribution in [0.1, 0.15) is 24.5 Å². The lowest BCUT2D eigenvalue weighted by Crippen LogP contribution is -2.33. The molecule has 0 saturated carbocycles. The van der Waals surface area contributed by atoms with E-state index in [0.29, 0.717) is 23.0 Å². The molecule has 1 N–H and O–H groups in total. The average Bonchev–Trinajstić information content (AvgIpc) is 2.60. The van der Waals surface area contributed by atoms with Crippen molar-refractivity contribution >= 4 is 29.1 Å². The zero-order valence-electron chi connectivity index (χ0n) is 15.2. The van der Waals surface area contributed by atoms with Gasteiger partial charge in [0.15, 0.2) is 0 Å². The summed E-state index contributed by atoms with van der Waals surface area (Å²) < 4.78 is 5.12. The molecule has 2 amide bonds. The molecular weight excluding hydrogens is 352 g/mol. The first-order chi connectivity index (χ1) is 12.4. The first-order valence-electron chi connectivity index (χ1n) is 8.34. The highest BCUT2D eigenvalue weighted by molar-refractivity contribution is 6.32. The van der Waals surface area contributed by atoms with E-state index in [4.69, 9.17) is 16.3 Å². The number of aryl methyl sites for hydroxylation is 1. The third-order valence-corrected chi connectivity index (χ3v) is 4.26. The normalized spacial score (nSPS) is 10.3. The van der Waals surface area contributed by atoms with Gasteiger partial charge in [-0.2, -0.15) is 0 Å². The molecule has 26 heavy (non-hydrogen) atoms. The van der Waals surface area contributed by atoms with E-state index in [2.05, 4.69) is 5.32 Å². The predicted molar refractivity (Wildman–Crippen MR) is 104 cm³/mol. The van der Waals surface area contributed by atoms with E-state index in [1.165, 1.54) is 18.9 Å². The number of carbonyl (C=O) groups excluding carboxylic acids is 2. The van der Waals surface area contributed by atoms with Crippen LogP contribution in [0.3, 0.4) is 0 Å². The van der Waals surface area contributed by atoms with E-state index < -0.39 is 0 Å². The Hall–Kier alpha value is -2.53. The molecule has 0 atom stereocenters. The number of nitrogens with one attached hydrogen (secondary N) is 1. The van der Waals surface area contributed by atoms with E-state index in [0.717, 1.165) is 11.1 Å². The van der Waals surface area contributed by atoms with Crippen LogP contribution in [-0.2, 0) is 16.1 Å². The first kappa shape index (κ1) is 19.8. The fraction of sp³-hybridized carbons (Fsp3) is 0.300. The molecule has 0 fully saturated rings. The third kappa shape index (κ3) is 5.49. The summed E-state index contributed by atoms with van der Waals surface area (Å²) in [6.45, 7) is 4.21. The highest BCUT2D eigenvalue weighted by Crippen LogP contribution is 2.29. The molecule has 0 aromatic heterocycles. The minimum absolute atomic E-state index is 0.114. The molecule has 0 radical (unpaired) electrons. The summed E-state index contributed by atoms with van der Waals surface area (Å²) in [5.74, 6) is 0.268. The van der Waals surface area contributed by atoms with Crippen molar-refractivity contribution in [1.82, 2.24) is 5.32 Å². The Morgan fingerprint density at radius 3 is 2.58 bits per heavy atom. The molecule has 0 aliphatic heterocycles. The molecule has 0 aliphatic rings. The van der Waals surface area contributed by atoms with Crippen molar-refractivity contribution in [3.05, 3.63) is 58.6 Å². The van der Waals surface area contributed by atoms with Gasteiger partial charge in [-0.3, -0.25) is 9.59 Å². The Bertz CT molecular complexity index is 792. The van der Waals surface area contributed by atoms with Crippen molar-refractivity contribution in [3.63, 3.8) is 0 Å². The van der Waals surface area contributed by atoms with E-state index >= 15 is 0 Å². The number of amides is 2. The second-order valence-electron chi connectivity index (χ2n) is 6.01. The van der Waals surface area contributed by atoms with Crippen LogP contribution in [0.25, 0.3) is 0 Å². The van der Waals surface area contributed by atoms with Crippen LogP contribution < -0.4 is 15.0 Å². The molecule has 6 heteroatoms. The van der Waals surface area contributed by atoms with Gasteiger partial charge in [0.1, 0.15) is 5.75 Å². The van der Waals surface area contributed by atoms with Crippen LogP contribution in [-0.4, -0.2) is 25.5 Å². The quantitative estimate of drug-likeness (QED) is 0.803. The lowest BCUT2D eigenvalue weighted by atomic mass is 10.1. The zero-order chi connectivity index (χ0) is 19.1. The van der Waals surface area contributed by atoms with Crippen LogP contribution in [0.15, 0.2) is 42.5 Å². The highest BCUT2D eigenvalue weighted by Gasteiger charge is 2.15. The first-order valence-corrected chi connectivity index (χ1v) is 8.72. The molecule has 0 heterocycles. The summed E-state index contributed by atoms with van der Waals surface area (Å²) in [6, 6.07) is 13.1. The van der Waals surface area contributed by atoms with Crippen LogP contribution in [0.2, 0.25) is 5.02 Å². The van der Waals surface area contributed by atoms with Gasteiger partial charge in [-0.15, -0.1) is 0 Å². The van der Waals surface area contributed by atoms with E-state index in [-0.39, 0.29) is 24.8 Å². The largest absolute Gasteiger partial charge is 0.495 e. The van der Waals surface area contributed by atoms with Crippen molar-refractivity contribution < 1.29 is 14.3 Å². The van der Waals surface area contributed by atoms with E-state index in [1.54, 1.807) is 18.2 Å². The van der Waals surface area contributed by atoms with Crippen LogP contribution >= 0.6 is 11.6 Å². The molecule has 0 aliphatic carbocycles. The molecule has 0 unspecified atom stereocenters. The molecular formula is C20H23ClN2O3. The van der Waals surface area contributed by atoms with E-state index in [1.807, 2.05) is 31.2 Å². The maximum absolute atomic E-state index is 12.1. The number of ether oxygens (including phenoxy) is 1. The summed E-state index contributed by atoms with van der Waals surface area (Å²) in [6.07, 6.45) is 0.203. The van der Waals surface area contributed by atoms with E-state index in [9.17, 15) is 9.59 Å². The SMILES string of the molecule is COc1ccc(N(CCC(=O)NCc2cccc(C)c2)C(C)=O)cc1Cl. The van der Waals surface area contributed by atoms with Crippen molar-refractivity contribution in [2.45, 2.75) is 26.8 Å². The van der Waals surface area contributed by atoms with Crippen LogP contribution in [0, 0.1) is 6.92 Å². The Balaban J connectivity index is 1.94. The number of anilines is 1. The van der Waals surface area contributed by atoms with Crippen LogP contribution in [0.5, 0.6) is 5.75 Å². The third-order valence-electron chi connectivity index (χ3n) is 3.96. The van der Waals surface area contributed by atoms with Gasteiger partial charge >= 0.3 is 0 Å². The fourth-order valence-corrected chi connectivity index (χ4v) is 2.87. The Morgan fingerprint density at radius 2 is 1.96 bits per heavy atom. The Labute approximate surface area is 158 Å². The minimum Gasteiger partial charge on any atom is -0.495 e. The van der Waals surface area contributed by atoms with Crippen molar-refractivity contribution in [2.24, 2.45) is 0 Å². The summed E-state index contributed by atoms with van der Waals surface area (Å²) in [5, 5.41) is 3.30. The second-order valence-corrected chi connectivity index (χ2v) is 6.41. The van der Waals surface area contributed by atoms with Crippen molar-refractivity contribution in [3.8, 4) is 5.75 Å². The lowest BCUT2D eigenvalue weighted by molar-refractivity contribution is -0.121. The van der Waals surface area contributed by atoms with Gasteiger partial charge in [0.2, 0.25) is 11.8 Å². The Morgan fingerprint density at radius 1 is 1.19 bits per heavy atom. The number of hydrogen-bond donors (Lipinski definition) is 1. The molecule has 2 aromatic rings. The lowest BCUT2D eigenvalue weighted by Gasteiger charge is -2.21. The van der Waals surface area contributed by atoms with Gasteiger partial charge in [0.25, 0.3) is 0 Å². The minimum atomic E-state index is -0.155. The number of methoxy groups -OCH3 is 1. The van der Waals surface area contributed by atoms with Crippen LogP contribution in [0.4, 0.5) is 5.69 Å². The number of carbonyl (C=O) groups is 2. The fourth-order valence-electron chi connectivity index (χ4n) is 2.62. The van der Waals surface area contributed by atoms with Crippen molar-refractivity contribution in [1.29, 1.82) is 0 Å². The summed E-state index contributed by atoms with van der Waals surface area (Å²) in [4.78, 5) is 25.6. The highest BCUT2D eigenvalue weighted by atomic mass is 35.5. The predicted octanol–water partition coefficient (Wildman–Crippen LogP) is 3.72. The maximum Gasteiger partial charge on any atom is 0.223 e. The molecule has 2 aromatic carbocycles. The molecule has 0 spiro atoms. The van der Waals surface area contributed by atoms with Crippen molar-refractivity contribution in [2.75, 3.05) is 18.6 Å².